The molecule has 372 valence electrons. The average Bonchev–Trinajstić information content (AvgIpc) is 3.32. The van der Waals surface area contributed by atoms with Crippen molar-refractivity contribution in [1.82, 2.24) is 0 Å². The number of para-hydroxylation sites is 2. The lowest BCUT2D eigenvalue weighted by Gasteiger charge is -2.63. The number of benzene rings is 6. The Hall–Kier alpha value is -5.58. The molecule has 8 saturated carbocycles. The molecule has 72 heavy (non-hydrogen) atoms. The Labute approximate surface area is 424 Å². The highest BCUT2D eigenvalue weighted by Gasteiger charge is 2.60. The normalized spacial score (nSPS) is 30.1. The number of fused-ring (bicyclic) bond motifs is 8. The van der Waals surface area contributed by atoms with Gasteiger partial charge in [0.25, 0.3) is 0 Å². The zero-order valence-corrected chi connectivity index (χ0v) is 42.9. The maximum absolute atomic E-state index is 12.5. The highest BCUT2D eigenvalue weighted by Crippen LogP contribution is 2.68. The molecule has 0 spiro atoms. The number of aromatic hydroxyl groups is 4. The fraction of sp³-hybridized carbons (Fsp3) is 0.419. The Bertz CT molecular complexity index is 3120. The second kappa shape index (κ2) is 16.0. The molecule has 0 aromatic heterocycles. The lowest BCUT2D eigenvalue weighted by molar-refractivity contribution is -0.0283. The Morgan fingerprint density at radius 2 is 0.611 bits per heavy atom. The largest absolute Gasteiger partial charge is 0.507 e. The van der Waals surface area contributed by atoms with Crippen LogP contribution in [0.2, 0.25) is 0 Å². The standard InChI is InChI=1S/C62H64O8S2/c1-71(67,68)53-13-9-49(10-14-53)59-27-37-17-38(28-59)32-61(31-37,35-59)51-23-45-19-41-5-3-7-43(55(41)63)21-47-25-52(26-48(58(47)66)22-44-8-4-6-42(56(44)64)20-46(24-51)57(45)65)62-33-39-18-40(34-62)30-60(29-39,36-62)50-11-15-54(16-12-50)72(2,69)70/h3-16,23-26,37-40,63-66H,17-22,27-36H2,1-2H3/t37-,38+,39-,40+,59?,60?,61?,62?. The van der Waals surface area contributed by atoms with Crippen LogP contribution < -0.4 is 0 Å². The first-order valence-electron chi connectivity index (χ1n) is 26.2. The highest BCUT2D eigenvalue weighted by molar-refractivity contribution is 7.91. The van der Waals surface area contributed by atoms with Crippen molar-refractivity contribution in [2.75, 3.05) is 12.5 Å². The monoisotopic (exact) mass is 1000 g/mol. The lowest BCUT2D eigenvalue weighted by atomic mass is 9.41. The predicted molar refractivity (Wildman–Crippen MR) is 279 cm³/mol. The third kappa shape index (κ3) is 7.46. The van der Waals surface area contributed by atoms with Crippen LogP contribution in [0.3, 0.4) is 0 Å². The molecule has 9 aliphatic carbocycles. The summed E-state index contributed by atoms with van der Waals surface area (Å²) in [6, 6.07) is 35.7. The maximum atomic E-state index is 12.5. The summed E-state index contributed by atoms with van der Waals surface area (Å²) in [4.78, 5) is 0.674. The summed E-state index contributed by atoms with van der Waals surface area (Å²) in [6.45, 7) is 0. The third-order valence-corrected chi connectivity index (χ3v) is 21.9. The van der Waals surface area contributed by atoms with Crippen molar-refractivity contribution < 1.29 is 37.3 Å². The Morgan fingerprint density at radius 1 is 0.361 bits per heavy atom. The molecule has 0 heterocycles. The van der Waals surface area contributed by atoms with E-state index in [2.05, 4.69) is 24.3 Å². The van der Waals surface area contributed by atoms with E-state index in [1.54, 1.807) is 24.3 Å². The Morgan fingerprint density at radius 3 is 0.875 bits per heavy atom. The van der Waals surface area contributed by atoms with Gasteiger partial charge in [-0.25, -0.2) is 16.8 Å². The van der Waals surface area contributed by atoms with Gasteiger partial charge in [-0.2, -0.15) is 0 Å². The lowest BCUT2D eigenvalue weighted by Crippen LogP contribution is -2.56. The van der Waals surface area contributed by atoms with Gasteiger partial charge in [-0.1, -0.05) is 84.9 Å². The molecule has 15 rings (SSSR count). The Kier molecular flexibility index (Phi) is 10.2. The summed E-state index contributed by atoms with van der Waals surface area (Å²) < 4.78 is 49.9. The van der Waals surface area contributed by atoms with Crippen molar-refractivity contribution in [3.63, 3.8) is 0 Å². The molecule has 4 unspecified atom stereocenters. The Balaban J connectivity index is 0.906. The van der Waals surface area contributed by atoms with E-state index < -0.39 is 19.7 Å². The number of sulfone groups is 2. The van der Waals surface area contributed by atoms with E-state index in [1.807, 2.05) is 60.7 Å². The van der Waals surface area contributed by atoms with Crippen molar-refractivity contribution in [1.29, 1.82) is 0 Å². The van der Waals surface area contributed by atoms with Crippen molar-refractivity contribution >= 4 is 19.7 Å². The molecular formula is C62H64O8S2. The summed E-state index contributed by atoms with van der Waals surface area (Å²) >= 11 is 0. The van der Waals surface area contributed by atoms with E-state index in [4.69, 9.17) is 0 Å². The first-order chi connectivity index (χ1) is 34.3. The van der Waals surface area contributed by atoms with Crippen LogP contribution in [0.25, 0.3) is 0 Å². The molecule has 0 saturated heterocycles. The fourth-order valence-electron chi connectivity index (χ4n) is 17.3. The number of phenolic OH excluding ortho intramolecular Hbond substituents is 4. The smallest absolute Gasteiger partial charge is 0.175 e. The summed E-state index contributed by atoms with van der Waals surface area (Å²) in [5.41, 5.74) is 9.98. The van der Waals surface area contributed by atoms with Crippen molar-refractivity contribution in [2.45, 2.75) is 134 Å². The molecule has 4 N–H and O–H groups in total. The average molecular weight is 1000 g/mol. The highest BCUT2D eigenvalue weighted by atomic mass is 32.2. The second-order valence-electron chi connectivity index (χ2n) is 24.5. The van der Waals surface area contributed by atoms with E-state index in [1.165, 1.54) is 47.6 Å². The third-order valence-electron chi connectivity index (χ3n) is 19.6. The molecule has 8 atom stereocenters. The topological polar surface area (TPSA) is 149 Å². The summed E-state index contributed by atoms with van der Waals surface area (Å²) in [5.74, 6) is 2.73. The summed E-state index contributed by atoms with van der Waals surface area (Å²) in [6.07, 6.45) is 16.4. The van der Waals surface area contributed by atoms with Crippen LogP contribution in [0.1, 0.15) is 144 Å². The van der Waals surface area contributed by atoms with Crippen molar-refractivity contribution in [3.8, 4) is 23.0 Å². The molecule has 0 radical (unpaired) electrons. The van der Waals surface area contributed by atoms with Crippen LogP contribution in [0.4, 0.5) is 0 Å². The van der Waals surface area contributed by atoms with Gasteiger partial charge in [0.2, 0.25) is 0 Å². The molecule has 0 aliphatic heterocycles. The van der Waals surface area contributed by atoms with E-state index in [0.29, 0.717) is 55.7 Å². The van der Waals surface area contributed by atoms with E-state index in [0.717, 1.165) is 86.5 Å². The predicted octanol–water partition coefficient (Wildman–Crippen LogP) is 11.6. The van der Waals surface area contributed by atoms with E-state index in [-0.39, 0.29) is 70.3 Å². The van der Waals surface area contributed by atoms with Gasteiger partial charge in [-0.3, -0.25) is 0 Å². The summed E-state index contributed by atoms with van der Waals surface area (Å²) in [7, 11) is -6.66. The van der Waals surface area contributed by atoms with Crippen LogP contribution >= 0.6 is 0 Å². The van der Waals surface area contributed by atoms with Gasteiger partial charge in [-0.15, -0.1) is 0 Å². The van der Waals surface area contributed by atoms with Crippen molar-refractivity contribution in [2.24, 2.45) is 23.7 Å². The zero-order chi connectivity index (χ0) is 49.7. The van der Waals surface area contributed by atoms with Gasteiger partial charge in [-0.05, 0) is 213 Å². The first-order valence-corrected chi connectivity index (χ1v) is 30.0. The van der Waals surface area contributed by atoms with Crippen LogP contribution in [-0.2, 0) is 67.0 Å². The maximum Gasteiger partial charge on any atom is 0.175 e. The molecule has 8 fully saturated rings. The minimum absolute atomic E-state index is 0.0856. The zero-order valence-electron chi connectivity index (χ0n) is 41.3. The molecule has 6 aromatic carbocycles. The number of hydrogen-bond donors (Lipinski definition) is 4. The molecular weight excluding hydrogens is 937 g/mol. The van der Waals surface area contributed by atoms with E-state index >= 15 is 0 Å². The molecule has 10 heteroatoms. The molecule has 0 amide bonds. The molecule has 16 bridgehead atoms. The van der Waals surface area contributed by atoms with Gasteiger partial charge in [0.15, 0.2) is 19.7 Å². The number of rotatable bonds is 6. The van der Waals surface area contributed by atoms with Crippen LogP contribution in [-0.4, -0.2) is 49.8 Å². The van der Waals surface area contributed by atoms with Crippen LogP contribution in [0, 0.1) is 23.7 Å². The molecule has 9 aliphatic rings. The second-order valence-corrected chi connectivity index (χ2v) is 28.5. The SMILES string of the molecule is CS(=O)(=O)c1ccc(C23C[C@H]4C[C@@H](C2)CC(c2cc5c(O)c(c2)Cc2cccc(c2O)Cc2cc(C67C[C@@H]8C[C@@H](CC(c9ccc(S(C)(=O)=O)cc9)(C8)C6)C7)cc(c2O)Cc2cccc(c2O)C5)(C4)C3)cc1. The molecule has 6 aromatic rings. The van der Waals surface area contributed by atoms with Crippen LogP contribution in [0.15, 0.2) is 119 Å². The van der Waals surface area contributed by atoms with Gasteiger partial charge in [0, 0.05) is 38.2 Å². The van der Waals surface area contributed by atoms with Gasteiger partial charge < -0.3 is 20.4 Å². The van der Waals surface area contributed by atoms with Crippen LogP contribution in [0.5, 0.6) is 23.0 Å². The van der Waals surface area contributed by atoms with Crippen molar-refractivity contribution in [3.05, 3.63) is 176 Å². The number of phenols is 4. The van der Waals surface area contributed by atoms with Gasteiger partial charge in [0.1, 0.15) is 23.0 Å². The summed E-state index contributed by atoms with van der Waals surface area (Å²) in [5, 5.41) is 49.4. The van der Waals surface area contributed by atoms with Gasteiger partial charge in [0.05, 0.1) is 9.79 Å². The first kappa shape index (κ1) is 46.2. The fourth-order valence-corrected chi connectivity index (χ4v) is 18.6. The minimum Gasteiger partial charge on any atom is -0.507 e. The minimum atomic E-state index is -3.33. The quantitative estimate of drug-likeness (QED) is 0.129. The number of hydrogen-bond acceptors (Lipinski definition) is 8. The van der Waals surface area contributed by atoms with E-state index in [9.17, 15) is 37.3 Å². The van der Waals surface area contributed by atoms with Gasteiger partial charge >= 0.3 is 0 Å². The molecule has 8 nitrogen and oxygen atoms in total.